The second-order valence-corrected chi connectivity index (χ2v) is 8.87. The van der Waals surface area contributed by atoms with Crippen molar-refractivity contribution in [1.29, 1.82) is 0 Å². The Hall–Kier alpha value is -2.84. The lowest BCUT2D eigenvalue weighted by Crippen LogP contribution is -2.47. The third-order valence-corrected chi connectivity index (χ3v) is 6.20. The summed E-state index contributed by atoms with van der Waals surface area (Å²) < 4.78 is 11.0. The third kappa shape index (κ3) is 5.75. The summed E-state index contributed by atoms with van der Waals surface area (Å²) in [6.45, 7) is 3.88. The van der Waals surface area contributed by atoms with Crippen molar-refractivity contribution >= 4 is 37.2 Å². The molecule has 2 N–H and O–H groups in total. The van der Waals surface area contributed by atoms with Gasteiger partial charge in [-0.2, -0.15) is 0 Å². The molecule has 0 bridgehead atoms. The zero-order valence-electron chi connectivity index (χ0n) is 18.8. The number of hydrogen-bond donors (Lipinski definition) is 2. The van der Waals surface area contributed by atoms with Gasteiger partial charge < -0.3 is 24.2 Å². The molecule has 1 aromatic carbocycles. The van der Waals surface area contributed by atoms with Crippen LogP contribution < -0.4 is 14.4 Å². The molecule has 0 radical (unpaired) electrons. The molecule has 0 saturated carbocycles. The van der Waals surface area contributed by atoms with Crippen molar-refractivity contribution in [2.24, 2.45) is 0 Å². The molecule has 1 aliphatic rings. The number of nitrogens with zero attached hydrogens (tertiary/aromatic N) is 5. The minimum atomic E-state index is -1.86. The van der Waals surface area contributed by atoms with E-state index < -0.39 is 8.38 Å². The van der Waals surface area contributed by atoms with Crippen LogP contribution in [0.4, 0.5) is 5.82 Å². The number of rotatable bonds is 8. The number of methoxy groups -OCH3 is 2. The van der Waals surface area contributed by atoms with Gasteiger partial charge in [0.25, 0.3) is 0 Å². The van der Waals surface area contributed by atoms with E-state index in [1.165, 1.54) is 0 Å². The zero-order valence-corrected chi connectivity index (χ0v) is 19.7. The highest BCUT2D eigenvalue weighted by atomic mass is 31.2. The molecule has 4 rings (SSSR count). The Bertz CT molecular complexity index is 1100. The molecule has 10 heteroatoms. The summed E-state index contributed by atoms with van der Waals surface area (Å²) in [6, 6.07) is 7.67. The maximum absolute atomic E-state index is 9.22. The molecule has 3 aromatic rings. The summed E-state index contributed by atoms with van der Waals surface area (Å²) in [5, 5.41) is 0.897. The maximum Gasteiger partial charge on any atom is 0.166 e. The first-order valence-corrected chi connectivity index (χ1v) is 12.1. The topological polar surface area (TPSA) is 104 Å². The second kappa shape index (κ2) is 10.9. The quantitative estimate of drug-likeness (QED) is 0.482. The molecular formula is C23H28N5O4P. The van der Waals surface area contributed by atoms with Crippen LogP contribution in [-0.2, 0) is 0 Å². The van der Waals surface area contributed by atoms with Crippen LogP contribution in [-0.4, -0.2) is 82.7 Å². The van der Waals surface area contributed by atoms with Crippen molar-refractivity contribution in [3.63, 3.8) is 0 Å². The predicted octanol–water partition coefficient (Wildman–Crippen LogP) is 2.63. The van der Waals surface area contributed by atoms with E-state index in [0.717, 1.165) is 48.5 Å². The van der Waals surface area contributed by atoms with E-state index in [9.17, 15) is 9.79 Å². The predicted molar refractivity (Wildman–Crippen MR) is 131 cm³/mol. The van der Waals surface area contributed by atoms with Gasteiger partial charge in [-0.15, -0.1) is 0 Å². The number of pyridine rings is 1. The van der Waals surface area contributed by atoms with Gasteiger partial charge in [0.2, 0.25) is 0 Å². The van der Waals surface area contributed by atoms with E-state index in [0.29, 0.717) is 30.0 Å². The summed E-state index contributed by atoms with van der Waals surface area (Å²) in [6.07, 6.45) is 7.77. The summed E-state index contributed by atoms with van der Waals surface area (Å²) in [7, 11) is 1.37. The van der Waals surface area contributed by atoms with Crippen LogP contribution in [0.2, 0.25) is 0 Å². The standard InChI is InChI=1S/C23H28N5O4P/c1-31-20-14-18-19(15-21(20)32-2)25-22(6-5-17-4-3-7-24-16-17)26-23(18)28-10-8-27(9-11-28)12-13-33(29)30/h3-7,14-16,29-30H,8-13H2,1-2H3/b6-5+. The Labute approximate surface area is 194 Å². The lowest BCUT2D eigenvalue weighted by molar-refractivity contribution is 0.269. The van der Waals surface area contributed by atoms with E-state index in [1.54, 1.807) is 26.6 Å². The summed E-state index contributed by atoms with van der Waals surface area (Å²) in [5.74, 6) is 2.69. The first-order chi connectivity index (χ1) is 16.1. The molecule has 0 atom stereocenters. The van der Waals surface area contributed by atoms with Gasteiger partial charge in [-0.05, 0) is 29.8 Å². The van der Waals surface area contributed by atoms with Gasteiger partial charge in [0.1, 0.15) is 5.82 Å². The minimum absolute atomic E-state index is 0.409. The largest absolute Gasteiger partial charge is 0.493 e. The molecule has 1 saturated heterocycles. The van der Waals surface area contributed by atoms with E-state index in [2.05, 4.69) is 14.8 Å². The molecule has 0 amide bonds. The number of piperazine rings is 1. The van der Waals surface area contributed by atoms with Crippen LogP contribution in [0.3, 0.4) is 0 Å². The highest BCUT2D eigenvalue weighted by Gasteiger charge is 2.22. The van der Waals surface area contributed by atoms with Crippen molar-refractivity contribution in [1.82, 2.24) is 19.9 Å². The third-order valence-electron chi connectivity index (χ3n) is 5.60. The molecule has 0 spiro atoms. The summed E-state index contributed by atoms with van der Waals surface area (Å²) >= 11 is 0. The van der Waals surface area contributed by atoms with Crippen LogP contribution in [0.25, 0.3) is 23.1 Å². The normalized spacial score (nSPS) is 15.0. The number of fused-ring (bicyclic) bond motifs is 1. The lowest BCUT2D eigenvalue weighted by Gasteiger charge is -2.36. The Balaban J connectivity index is 1.67. The first-order valence-electron chi connectivity index (χ1n) is 10.7. The average Bonchev–Trinajstić information content (AvgIpc) is 2.85. The second-order valence-electron chi connectivity index (χ2n) is 7.67. The van der Waals surface area contributed by atoms with E-state index >= 15 is 0 Å². The Kier molecular flexibility index (Phi) is 7.67. The molecule has 174 valence electrons. The molecule has 0 unspecified atom stereocenters. The first kappa shape index (κ1) is 23.3. The zero-order chi connectivity index (χ0) is 23.2. The fraction of sp³-hybridized carbons (Fsp3) is 0.348. The number of hydrogen-bond acceptors (Lipinski definition) is 9. The summed E-state index contributed by atoms with van der Waals surface area (Å²) in [4.78, 5) is 36.7. The monoisotopic (exact) mass is 469 g/mol. The van der Waals surface area contributed by atoms with Gasteiger partial charge in [0.15, 0.2) is 25.7 Å². The molecule has 9 nitrogen and oxygen atoms in total. The van der Waals surface area contributed by atoms with Crippen molar-refractivity contribution in [3.05, 3.63) is 48.0 Å². The highest BCUT2D eigenvalue weighted by Crippen LogP contribution is 2.35. The molecule has 2 aromatic heterocycles. The fourth-order valence-electron chi connectivity index (χ4n) is 3.83. The lowest BCUT2D eigenvalue weighted by atomic mass is 10.1. The molecular weight excluding hydrogens is 441 g/mol. The number of ether oxygens (including phenoxy) is 2. The van der Waals surface area contributed by atoms with Crippen molar-refractivity contribution in [2.45, 2.75) is 0 Å². The average molecular weight is 469 g/mol. The van der Waals surface area contributed by atoms with Crippen molar-refractivity contribution < 1.29 is 19.3 Å². The Morgan fingerprint density at radius 2 is 1.79 bits per heavy atom. The van der Waals surface area contributed by atoms with Gasteiger partial charge in [-0.1, -0.05) is 6.07 Å². The Morgan fingerprint density at radius 1 is 1.03 bits per heavy atom. The molecule has 0 aliphatic carbocycles. The number of benzene rings is 1. The van der Waals surface area contributed by atoms with Crippen molar-refractivity contribution in [2.75, 3.05) is 58.0 Å². The minimum Gasteiger partial charge on any atom is -0.493 e. The SMILES string of the molecule is COc1cc2nc(/C=C/c3cccnc3)nc(N3CCN(CCP(O)O)CC3)c2cc1OC. The van der Waals surface area contributed by atoms with Crippen LogP contribution in [0.1, 0.15) is 11.4 Å². The van der Waals surface area contributed by atoms with Crippen LogP contribution in [0, 0.1) is 0 Å². The summed E-state index contributed by atoms with van der Waals surface area (Å²) in [5.41, 5.74) is 1.74. The molecule has 1 aliphatic heterocycles. The van der Waals surface area contributed by atoms with Gasteiger partial charge in [0.05, 0.1) is 19.7 Å². The molecule has 33 heavy (non-hydrogen) atoms. The van der Waals surface area contributed by atoms with Crippen LogP contribution in [0.15, 0.2) is 36.7 Å². The van der Waals surface area contributed by atoms with E-state index in [-0.39, 0.29) is 0 Å². The highest BCUT2D eigenvalue weighted by molar-refractivity contribution is 7.45. The van der Waals surface area contributed by atoms with Crippen molar-refractivity contribution in [3.8, 4) is 11.5 Å². The number of anilines is 1. The van der Waals surface area contributed by atoms with Gasteiger partial charge in [-0.25, -0.2) is 9.97 Å². The van der Waals surface area contributed by atoms with Crippen LogP contribution in [0.5, 0.6) is 11.5 Å². The van der Waals surface area contributed by atoms with E-state index in [4.69, 9.17) is 19.4 Å². The Morgan fingerprint density at radius 3 is 2.45 bits per heavy atom. The molecule has 1 fully saturated rings. The maximum atomic E-state index is 9.22. The van der Waals surface area contributed by atoms with Gasteiger partial charge in [-0.3, -0.25) is 9.88 Å². The fourth-order valence-corrected chi connectivity index (χ4v) is 4.29. The number of aromatic nitrogens is 3. The smallest absolute Gasteiger partial charge is 0.166 e. The van der Waals surface area contributed by atoms with Gasteiger partial charge in [0, 0.05) is 62.7 Å². The van der Waals surface area contributed by atoms with Crippen LogP contribution >= 0.6 is 8.38 Å². The van der Waals surface area contributed by atoms with E-state index in [1.807, 2.05) is 36.4 Å². The molecule has 3 heterocycles. The van der Waals surface area contributed by atoms with Gasteiger partial charge >= 0.3 is 0 Å².